The van der Waals surface area contributed by atoms with Crippen molar-refractivity contribution in [3.05, 3.63) is 79.3 Å². The summed E-state index contributed by atoms with van der Waals surface area (Å²) < 4.78 is 7.47. The predicted molar refractivity (Wildman–Crippen MR) is 122 cm³/mol. The molecule has 0 saturated carbocycles. The van der Waals surface area contributed by atoms with Crippen molar-refractivity contribution in [2.75, 3.05) is 11.9 Å². The van der Waals surface area contributed by atoms with Crippen molar-refractivity contribution in [2.24, 2.45) is 0 Å². The number of thiazole rings is 1. The number of nitrogens with one attached hydrogen (secondary N) is 1. The summed E-state index contributed by atoms with van der Waals surface area (Å²) in [5.74, 6) is 0.775. The average molecular weight is 455 g/mol. The maximum absolute atomic E-state index is 12.7. The van der Waals surface area contributed by atoms with Crippen LogP contribution in [0.25, 0.3) is 11.0 Å². The number of carbonyl (C=O) groups excluding carboxylic acids is 1. The number of hydrogen-bond acceptors (Lipinski definition) is 6. The number of benzene rings is 2. The topological polar surface area (TPSA) is 85.6 Å². The van der Waals surface area contributed by atoms with Crippen LogP contribution in [-0.2, 0) is 11.2 Å². The Morgan fingerprint density at radius 1 is 1.26 bits per heavy atom. The van der Waals surface area contributed by atoms with E-state index in [9.17, 15) is 9.59 Å². The first-order valence-electron chi connectivity index (χ1n) is 9.62. The molecule has 0 bridgehead atoms. The first-order valence-corrected chi connectivity index (χ1v) is 10.8. The van der Waals surface area contributed by atoms with E-state index in [1.165, 1.54) is 15.9 Å². The molecule has 0 atom stereocenters. The third-order valence-electron chi connectivity index (χ3n) is 4.49. The molecule has 0 radical (unpaired) electrons. The molecule has 4 rings (SSSR count). The van der Waals surface area contributed by atoms with Gasteiger partial charge in [0.05, 0.1) is 4.53 Å². The summed E-state index contributed by atoms with van der Waals surface area (Å²) in [7, 11) is 0. The van der Waals surface area contributed by atoms with Gasteiger partial charge in [-0.1, -0.05) is 47.6 Å². The van der Waals surface area contributed by atoms with Crippen LogP contribution in [0.3, 0.4) is 0 Å². The fraction of sp³-hybridized carbons (Fsp3) is 0.182. The average Bonchev–Trinajstić information content (AvgIpc) is 3.28. The first kappa shape index (κ1) is 21.0. The quantitative estimate of drug-likeness (QED) is 0.483. The molecule has 0 fully saturated rings. The number of fused-ring (bicyclic) bond motifs is 1. The van der Waals surface area contributed by atoms with Crippen LogP contribution in [0.2, 0.25) is 5.02 Å². The van der Waals surface area contributed by atoms with Crippen LogP contribution in [0.4, 0.5) is 5.69 Å². The van der Waals surface area contributed by atoms with Gasteiger partial charge in [-0.3, -0.25) is 9.59 Å². The summed E-state index contributed by atoms with van der Waals surface area (Å²) in [5, 5.41) is 7.49. The largest absolute Gasteiger partial charge is 0.483 e. The SMILES string of the molecule is CCc1nc2s/c(=C\c3cc(Cl)ccc3OCC(=O)Nc3ccc(C)cc3)c(=O)n2n1. The monoisotopic (exact) mass is 454 g/mol. The lowest BCUT2D eigenvalue weighted by Crippen LogP contribution is -2.24. The zero-order chi connectivity index (χ0) is 22.0. The molecule has 0 aliphatic heterocycles. The number of nitrogens with zero attached hydrogens (tertiary/aromatic N) is 3. The second kappa shape index (κ2) is 8.87. The highest BCUT2D eigenvalue weighted by molar-refractivity contribution is 7.15. The maximum Gasteiger partial charge on any atom is 0.291 e. The van der Waals surface area contributed by atoms with Gasteiger partial charge in [0.2, 0.25) is 4.96 Å². The Kier molecular flexibility index (Phi) is 6.01. The molecule has 2 heterocycles. The molecule has 31 heavy (non-hydrogen) atoms. The molecule has 2 aromatic carbocycles. The van der Waals surface area contributed by atoms with E-state index in [4.69, 9.17) is 16.3 Å². The standard InChI is InChI=1S/C22H19ClN4O3S/c1-3-19-25-22-27(26-19)21(29)18(31-22)11-14-10-15(23)6-9-17(14)30-12-20(28)24-16-7-4-13(2)5-8-16/h4-11H,3,12H2,1-2H3,(H,24,28)/b18-11-. The molecule has 0 aliphatic rings. The van der Waals surface area contributed by atoms with Crippen molar-refractivity contribution in [3.63, 3.8) is 0 Å². The number of rotatable bonds is 6. The molecule has 158 valence electrons. The van der Waals surface area contributed by atoms with E-state index in [0.29, 0.717) is 43.8 Å². The molecule has 7 nitrogen and oxygen atoms in total. The van der Waals surface area contributed by atoms with Crippen molar-refractivity contribution >= 4 is 45.6 Å². The molecular weight excluding hydrogens is 436 g/mol. The van der Waals surface area contributed by atoms with Gasteiger partial charge in [-0.2, -0.15) is 4.52 Å². The summed E-state index contributed by atoms with van der Waals surface area (Å²) in [6.07, 6.45) is 2.33. The summed E-state index contributed by atoms with van der Waals surface area (Å²) in [5.41, 5.74) is 2.14. The third kappa shape index (κ3) is 4.76. The Hall–Kier alpha value is -3.23. The molecule has 1 N–H and O–H groups in total. The van der Waals surface area contributed by atoms with E-state index in [0.717, 1.165) is 5.56 Å². The maximum atomic E-state index is 12.7. The van der Waals surface area contributed by atoms with Crippen molar-refractivity contribution in [2.45, 2.75) is 20.3 Å². The van der Waals surface area contributed by atoms with Crippen LogP contribution in [0.1, 0.15) is 23.9 Å². The fourth-order valence-electron chi connectivity index (χ4n) is 2.91. The molecule has 0 unspecified atom stereocenters. The summed E-state index contributed by atoms with van der Waals surface area (Å²) in [6, 6.07) is 12.5. The number of ether oxygens (including phenoxy) is 1. The van der Waals surface area contributed by atoms with Gasteiger partial charge in [-0.05, 0) is 43.3 Å². The summed E-state index contributed by atoms with van der Waals surface area (Å²) in [4.78, 5) is 29.8. The van der Waals surface area contributed by atoms with E-state index < -0.39 is 0 Å². The normalized spacial score (nSPS) is 11.8. The van der Waals surface area contributed by atoms with E-state index in [2.05, 4.69) is 15.4 Å². The van der Waals surface area contributed by atoms with Gasteiger partial charge >= 0.3 is 0 Å². The van der Waals surface area contributed by atoms with Crippen LogP contribution < -0.4 is 20.1 Å². The van der Waals surface area contributed by atoms with Crippen molar-refractivity contribution in [1.29, 1.82) is 0 Å². The lowest BCUT2D eigenvalue weighted by molar-refractivity contribution is -0.118. The minimum atomic E-state index is -0.292. The van der Waals surface area contributed by atoms with Gasteiger partial charge < -0.3 is 10.1 Å². The van der Waals surface area contributed by atoms with Crippen molar-refractivity contribution < 1.29 is 9.53 Å². The smallest absolute Gasteiger partial charge is 0.291 e. The molecule has 0 spiro atoms. The highest BCUT2D eigenvalue weighted by Gasteiger charge is 2.11. The lowest BCUT2D eigenvalue weighted by atomic mass is 10.2. The molecule has 2 aromatic heterocycles. The van der Waals surface area contributed by atoms with E-state index >= 15 is 0 Å². The Morgan fingerprint density at radius 2 is 2.03 bits per heavy atom. The minimum absolute atomic E-state index is 0.185. The highest BCUT2D eigenvalue weighted by atomic mass is 35.5. The third-order valence-corrected chi connectivity index (χ3v) is 5.69. The second-order valence-electron chi connectivity index (χ2n) is 6.88. The van der Waals surface area contributed by atoms with Gasteiger partial charge in [0, 0.05) is 22.7 Å². The highest BCUT2D eigenvalue weighted by Crippen LogP contribution is 2.24. The Morgan fingerprint density at radius 3 is 2.74 bits per heavy atom. The molecule has 0 aliphatic carbocycles. The molecule has 9 heteroatoms. The van der Waals surface area contributed by atoms with E-state index in [-0.39, 0.29) is 18.1 Å². The zero-order valence-corrected chi connectivity index (χ0v) is 18.5. The van der Waals surface area contributed by atoms with Crippen molar-refractivity contribution in [1.82, 2.24) is 14.6 Å². The summed E-state index contributed by atoms with van der Waals surface area (Å²) in [6.45, 7) is 3.72. The van der Waals surface area contributed by atoms with Crippen LogP contribution in [0.5, 0.6) is 5.75 Å². The van der Waals surface area contributed by atoms with E-state index in [1.54, 1.807) is 24.3 Å². The molecule has 4 aromatic rings. The van der Waals surface area contributed by atoms with Crippen LogP contribution in [0.15, 0.2) is 47.3 Å². The Balaban J connectivity index is 1.56. The number of amides is 1. The predicted octanol–water partition coefficient (Wildman–Crippen LogP) is 3.24. The summed E-state index contributed by atoms with van der Waals surface area (Å²) >= 11 is 7.38. The van der Waals surface area contributed by atoms with Gasteiger partial charge in [-0.25, -0.2) is 4.98 Å². The fourth-order valence-corrected chi connectivity index (χ4v) is 4.00. The number of anilines is 1. The number of hydrogen-bond donors (Lipinski definition) is 1. The number of aromatic nitrogens is 3. The number of aryl methyl sites for hydroxylation is 2. The van der Waals surface area contributed by atoms with Crippen LogP contribution in [-0.4, -0.2) is 27.1 Å². The molecule has 1 amide bonds. The molecule has 0 saturated heterocycles. The van der Waals surface area contributed by atoms with E-state index in [1.807, 2.05) is 38.1 Å². The van der Waals surface area contributed by atoms with Gasteiger partial charge in [0.15, 0.2) is 12.4 Å². The minimum Gasteiger partial charge on any atom is -0.483 e. The van der Waals surface area contributed by atoms with Crippen LogP contribution >= 0.6 is 22.9 Å². The van der Waals surface area contributed by atoms with Gasteiger partial charge in [0.25, 0.3) is 11.5 Å². The first-order chi connectivity index (χ1) is 14.9. The van der Waals surface area contributed by atoms with Gasteiger partial charge in [0.1, 0.15) is 5.75 Å². The van der Waals surface area contributed by atoms with Crippen molar-refractivity contribution in [3.8, 4) is 5.75 Å². The number of halogens is 1. The molecular formula is C22H19ClN4O3S. The lowest BCUT2D eigenvalue weighted by Gasteiger charge is -2.10. The van der Waals surface area contributed by atoms with Gasteiger partial charge in [-0.15, -0.1) is 5.10 Å². The number of carbonyl (C=O) groups is 1. The Bertz CT molecular complexity index is 1360. The second-order valence-corrected chi connectivity index (χ2v) is 8.32. The van der Waals surface area contributed by atoms with Crippen LogP contribution in [0, 0.1) is 6.92 Å². The zero-order valence-electron chi connectivity index (χ0n) is 16.9. The Labute approximate surface area is 187 Å².